The molecule has 0 radical (unpaired) electrons. The summed E-state index contributed by atoms with van der Waals surface area (Å²) in [6.07, 6.45) is 8.67. The van der Waals surface area contributed by atoms with Gasteiger partial charge in [0.2, 0.25) is 0 Å². The summed E-state index contributed by atoms with van der Waals surface area (Å²) < 4.78 is 6.07. The number of benzene rings is 1. The summed E-state index contributed by atoms with van der Waals surface area (Å²) in [6.45, 7) is 9.12. The SMILES string of the molecule is NCCNCCNCCNCCNCC/N=C/c1ccc(OC2CCCCC2)cc1. The first-order valence-electron chi connectivity index (χ1n) is 11.7. The zero-order chi connectivity index (χ0) is 21.1. The van der Waals surface area contributed by atoms with Gasteiger partial charge in [-0.2, -0.15) is 0 Å². The number of nitrogens with zero attached hydrogens (tertiary/aromatic N) is 1. The quantitative estimate of drug-likeness (QED) is 0.192. The average molecular weight is 419 g/mol. The highest BCUT2D eigenvalue weighted by Gasteiger charge is 2.14. The molecule has 1 aromatic rings. The molecule has 0 saturated heterocycles. The zero-order valence-corrected chi connectivity index (χ0v) is 18.5. The fourth-order valence-electron chi connectivity index (χ4n) is 3.45. The van der Waals surface area contributed by atoms with Crippen molar-refractivity contribution in [2.45, 2.75) is 38.2 Å². The molecule has 2 rings (SSSR count). The minimum Gasteiger partial charge on any atom is -0.490 e. The van der Waals surface area contributed by atoms with Crippen LogP contribution < -0.4 is 31.7 Å². The molecule has 1 aromatic carbocycles. The highest BCUT2D eigenvalue weighted by atomic mass is 16.5. The molecule has 1 saturated carbocycles. The Hall–Kier alpha value is -1.51. The summed E-state index contributed by atoms with van der Waals surface area (Å²) in [7, 11) is 0. The Morgan fingerprint density at radius 3 is 1.97 bits per heavy atom. The lowest BCUT2D eigenvalue weighted by molar-refractivity contribution is 0.155. The maximum atomic E-state index is 6.07. The molecule has 170 valence electrons. The smallest absolute Gasteiger partial charge is 0.119 e. The molecule has 7 heteroatoms. The Morgan fingerprint density at radius 2 is 1.37 bits per heavy atom. The summed E-state index contributed by atoms with van der Waals surface area (Å²) in [4.78, 5) is 4.50. The van der Waals surface area contributed by atoms with Crippen LogP contribution in [-0.2, 0) is 0 Å². The van der Waals surface area contributed by atoms with Crippen molar-refractivity contribution in [3.63, 3.8) is 0 Å². The van der Waals surface area contributed by atoms with E-state index in [2.05, 4.69) is 50.5 Å². The van der Waals surface area contributed by atoms with Gasteiger partial charge >= 0.3 is 0 Å². The van der Waals surface area contributed by atoms with Crippen molar-refractivity contribution < 1.29 is 4.74 Å². The van der Waals surface area contributed by atoms with E-state index >= 15 is 0 Å². The van der Waals surface area contributed by atoms with Gasteiger partial charge in [-0.3, -0.25) is 4.99 Å². The molecule has 0 atom stereocenters. The van der Waals surface area contributed by atoms with E-state index in [1.807, 2.05) is 6.21 Å². The second-order valence-corrected chi connectivity index (χ2v) is 7.77. The Morgan fingerprint density at radius 1 is 0.800 bits per heavy atom. The molecule has 30 heavy (non-hydrogen) atoms. The molecule has 0 spiro atoms. The number of rotatable bonds is 17. The predicted octanol–water partition coefficient (Wildman–Crippen LogP) is 1.13. The monoisotopic (exact) mass is 418 g/mol. The van der Waals surface area contributed by atoms with Gasteiger partial charge in [-0.15, -0.1) is 0 Å². The van der Waals surface area contributed by atoms with Crippen molar-refractivity contribution >= 4 is 6.21 Å². The van der Waals surface area contributed by atoms with Crippen LogP contribution in [0.15, 0.2) is 29.3 Å². The number of hydrogen-bond donors (Lipinski definition) is 5. The van der Waals surface area contributed by atoms with Gasteiger partial charge in [-0.05, 0) is 55.5 Å². The van der Waals surface area contributed by atoms with Crippen molar-refractivity contribution in [2.75, 3.05) is 65.4 Å². The minimum atomic E-state index is 0.402. The van der Waals surface area contributed by atoms with E-state index < -0.39 is 0 Å². The summed E-state index contributed by atoms with van der Waals surface area (Å²) in [5, 5.41) is 13.5. The van der Waals surface area contributed by atoms with Crippen LogP contribution in [0.1, 0.15) is 37.7 Å². The lowest BCUT2D eigenvalue weighted by Crippen LogP contribution is -2.36. The van der Waals surface area contributed by atoms with E-state index in [1.54, 1.807) is 0 Å². The van der Waals surface area contributed by atoms with E-state index in [9.17, 15) is 0 Å². The van der Waals surface area contributed by atoms with Crippen LogP contribution in [-0.4, -0.2) is 77.8 Å². The van der Waals surface area contributed by atoms with Gasteiger partial charge in [0.05, 0.1) is 12.6 Å². The molecule has 0 bridgehead atoms. The van der Waals surface area contributed by atoms with Crippen molar-refractivity contribution in [3.8, 4) is 5.75 Å². The molecule has 0 aromatic heterocycles. The molecule has 0 amide bonds. The summed E-state index contributed by atoms with van der Waals surface area (Å²) in [6, 6.07) is 8.29. The van der Waals surface area contributed by atoms with Gasteiger partial charge in [-0.1, -0.05) is 6.42 Å². The van der Waals surface area contributed by atoms with Gasteiger partial charge in [0, 0.05) is 65.1 Å². The molecule has 1 aliphatic rings. The molecule has 0 heterocycles. The van der Waals surface area contributed by atoms with Gasteiger partial charge in [-0.25, -0.2) is 0 Å². The van der Waals surface area contributed by atoms with Gasteiger partial charge in [0.25, 0.3) is 0 Å². The fraction of sp³-hybridized carbons (Fsp3) is 0.696. The van der Waals surface area contributed by atoms with Crippen LogP contribution in [0.5, 0.6) is 5.75 Å². The number of aliphatic imine (C=N–C) groups is 1. The first kappa shape index (κ1) is 24.8. The third-order valence-electron chi connectivity index (χ3n) is 5.15. The Labute approximate surface area is 182 Å². The Bertz CT molecular complexity index is 545. The molecular formula is C23H42N6O. The summed E-state index contributed by atoms with van der Waals surface area (Å²) in [5.41, 5.74) is 6.55. The topological polar surface area (TPSA) is 95.7 Å². The number of nitrogens with one attached hydrogen (secondary N) is 4. The Balaban J connectivity index is 1.40. The first-order valence-corrected chi connectivity index (χ1v) is 11.7. The van der Waals surface area contributed by atoms with Crippen molar-refractivity contribution in [1.29, 1.82) is 0 Å². The van der Waals surface area contributed by atoms with Gasteiger partial charge in [0.15, 0.2) is 0 Å². The van der Waals surface area contributed by atoms with E-state index in [0.717, 1.165) is 70.2 Å². The van der Waals surface area contributed by atoms with Crippen LogP contribution in [0, 0.1) is 0 Å². The van der Waals surface area contributed by atoms with E-state index in [-0.39, 0.29) is 0 Å². The van der Waals surface area contributed by atoms with Crippen molar-refractivity contribution in [3.05, 3.63) is 29.8 Å². The lowest BCUT2D eigenvalue weighted by Gasteiger charge is -2.22. The van der Waals surface area contributed by atoms with Crippen LogP contribution >= 0.6 is 0 Å². The summed E-state index contributed by atoms with van der Waals surface area (Å²) >= 11 is 0. The van der Waals surface area contributed by atoms with Crippen LogP contribution in [0.25, 0.3) is 0 Å². The fourth-order valence-corrected chi connectivity index (χ4v) is 3.45. The molecular weight excluding hydrogens is 376 g/mol. The number of hydrogen-bond acceptors (Lipinski definition) is 7. The van der Waals surface area contributed by atoms with Crippen LogP contribution in [0.2, 0.25) is 0 Å². The first-order chi connectivity index (χ1) is 14.9. The predicted molar refractivity (Wildman–Crippen MR) is 127 cm³/mol. The number of ether oxygens (including phenoxy) is 1. The minimum absolute atomic E-state index is 0.402. The van der Waals surface area contributed by atoms with Crippen molar-refractivity contribution in [1.82, 2.24) is 21.3 Å². The highest BCUT2D eigenvalue weighted by molar-refractivity contribution is 5.79. The largest absolute Gasteiger partial charge is 0.490 e. The third kappa shape index (κ3) is 12.2. The zero-order valence-electron chi connectivity index (χ0n) is 18.5. The summed E-state index contributed by atoms with van der Waals surface area (Å²) in [5.74, 6) is 0.978. The van der Waals surface area contributed by atoms with Crippen molar-refractivity contribution in [2.24, 2.45) is 10.7 Å². The van der Waals surface area contributed by atoms with E-state index in [1.165, 1.54) is 32.1 Å². The molecule has 0 unspecified atom stereocenters. The van der Waals surface area contributed by atoms with E-state index in [0.29, 0.717) is 12.6 Å². The van der Waals surface area contributed by atoms with Gasteiger partial charge < -0.3 is 31.7 Å². The normalized spacial score (nSPS) is 15.1. The molecule has 7 nitrogen and oxygen atoms in total. The second kappa shape index (κ2) is 17.2. The maximum absolute atomic E-state index is 6.07. The van der Waals surface area contributed by atoms with Crippen LogP contribution in [0.4, 0.5) is 0 Å². The maximum Gasteiger partial charge on any atom is 0.119 e. The molecule has 6 N–H and O–H groups in total. The van der Waals surface area contributed by atoms with E-state index in [4.69, 9.17) is 10.5 Å². The molecule has 1 fully saturated rings. The van der Waals surface area contributed by atoms with Crippen LogP contribution in [0.3, 0.4) is 0 Å². The molecule has 0 aliphatic heterocycles. The second-order valence-electron chi connectivity index (χ2n) is 7.77. The molecule has 1 aliphatic carbocycles. The third-order valence-corrected chi connectivity index (χ3v) is 5.15. The average Bonchev–Trinajstić information content (AvgIpc) is 2.78. The standard InChI is InChI=1S/C23H42N6O/c24-10-11-25-12-13-26-14-15-27-16-17-28-18-19-29-20-21-6-8-23(9-7-21)30-22-4-2-1-3-5-22/h6-9,20,22,25-28H,1-5,10-19,24H2/b29-20+. The van der Waals surface area contributed by atoms with Gasteiger partial charge in [0.1, 0.15) is 5.75 Å². The number of nitrogens with two attached hydrogens (primary N) is 1. The lowest BCUT2D eigenvalue weighted by atomic mass is 9.98. The highest BCUT2D eigenvalue weighted by Crippen LogP contribution is 2.23. The Kier molecular flexibility index (Phi) is 14.2.